The molecule has 156 valence electrons. The average molecular weight is 399 g/mol. The van der Waals surface area contributed by atoms with Crippen molar-refractivity contribution in [3.05, 3.63) is 72.0 Å². The third-order valence-corrected chi connectivity index (χ3v) is 4.34. The number of aliphatic hydroxyl groups excluding tert-OH is 1. The fraction of sp³-hybridized carbons (Fsp3) is 0.348. The van der Waals surface area contributed by atoms with Crippen LogP contribution in [-0.4, -0.2) is 44.0 Å². The summed E-state index contributed by atoms with van der Waals surface area (Å²) in [7, 11) is 1.53. The molecular weight excluding hydrogens is 370 g/mol. The van der Waals surface area contributed by atoms with Crippen LogP contribution in [0.3, 0.4) is 0 Å². The van der Waals surface area contributed by atoms with E-state index < -0.39 is 6.10 Å². The van der Waals surface area contributed by atoms with Gasteiger partial charge in [-0.2, -0.15) is 0 Å². The highest BCUT2D eigenvalue weighted by atomic mass is 16.5. The molecule has 2 N–H and O–H groups in total. The molecule has 2 aromatic carbocycles. The Bertz CT molecular complexity index is 771. The maximum absolute atomic E-state index is 12.0. The Balaban J connectivity index is 1.70. The van der Waals surface area contributed by atoms with Crippen LogP contribution in [0, 0.1) is 0 Å². The molecule has 2 aromatic rings. The zero-order chi connectivity index (χ0) is 21.1. The molecule has 0 bridgehead atoms. The quantitative estimate of drug-likeness (QED) is 0.535. The van der Waals surface area contributed by atoms with E-state index in [9.17, 15) is 9.90 Å². The van der Waals surface area contributed by atoms with Crippen molar-refractivity contribution in [3.8, 4) is 11.5 Å². The number of carbonyl (C=O) groups is 1. The second-order valence-corrected chi connectivity index (χ2v) is 6.53. The molecule has 0 saturated heterocycles. The lowest BCUT2D eigenvalue weighted by atomic mass is 10.1. The summed E-state index contributed by atoms with van der Waals surface area (Å²) in [5.74, 6) is 1.27. The highest BCUT2D eigenvalue weighted by Crippen LogP contribution is 2.16. The first-order valence-corrected chi connectivity index (χ1v) is 9.62. The summed E-state index contributed by atoms with van der Waals surface area (Å²) in [5, 5.41) is 12.3. The van der Waals surface area contributed by atoms with Gasteiger partial charge < -0.3 is 24.6 Å². The summed E-state index contributed by atoms with van der Waals surface area (Å²) in [5.41, 5.74) is 2.10. The topological polar surface area (TPSA) is 77.0 Å². The molecule has 2 rings (SSSR count). The number of aliphatic hydroxyl groups is 1. The summed E-state index contributed by atoms with van der Waals surface area (Å²) >= 11 is 0. The second kappa shape index (κ2) is 11.8. The van der Waals surface area contributed by atoms with E-state index in [0.29, 0.717) is 25.3 Å². The molecule has 1 atom stereocenters. The number of benzene rings is 2. The van der Waals surface area contributed by atoms with Gasteiger partial charge in [-0.05, 0) is 48.7 Å². The predicted molar refractivity (Wildman–Crippen MR) is 113 cm³/mol. The molecule has 6 nitrogen and oxygen atoms in total. The third-order valence-electron chi connectivity index (χ3n) is 4.34. The minimum absolute atomic E-state index is 0.00488. The average Bonchev–Trinajstić information content (AvgIpc) is 2.72. The normalized spacial score (nSPS) is 11.5. The molecule has 0 spiro atoms. The highest BCUT2D eigenvalue weighted by Gasteiger charge is 2.11. The van der Waals surface area contributed by atoms with Crippen LogP contribution in [0.4, 0.5) is 0 Å². The SMILES string of the molecule is C=C(O)[C@H](Cc1ccc(OCC(=O)NCCc2ccc(OCC)cc2)cc1)OC. The van der Waals surface area contributed by atoms with Crippen molar-refractivity contribution < 1.29 is 24.1 Å². The maximum atomic E-state index is 12.0. The minimum Gasteiger partial charge on any atom is -0.510 e. The minimum atomic E-state index is -0.442. The van der Waals surface area contributed by atoms with E-state index in [2.05, 4.69) is 11.9 Å². The van der Waals surface area contributed by atoms with E-state index in [0.717, 1.165) is 23.3 Å². The number of hydrogen-bond acceptors (Lipinski definition) is 5. The Morgan fingerprint density at radius 3 is 2.17 bits per heavy atom. The molecule has 0 fully saturated rings. The van der Waals surface area contributed by atoms with Crippen LogP contribution < -0.4 is 14.8 Å². The summed E-state index contributed by atoms with van der Waals surface area (Å²) < 4.78 is 16.1. The molecular formula is C23H29NO5. The van der Waals surface area contributed by atoms with Gasteiger partial charge in [0.05, 0.1) is 6.61 Å². The standard InChI is InChI=1S/C23H29NO5/c1-4-28-20-9-5-18(6-10-20)13-14-24-23(26)16-29-21-11-7-19(8-12-21)15-22(27-3)17(2)25/h5-12,22,25H,2,4,13-16H2,1,3H3,(H,24,26)/t22-/m0/s1. The Morgan fingerprint density at radius 1 is 1.03 bits per heavy atom. The Hall–Kier alpha value is -2.99. The van der Waals surface area contributed by atoms with Crippen LogP contribution in [0.1, 0.15) is 18.1 Å². The Kier molecular flexibility index (Phi) is 9.05. The lowest BCUT2D eigenvalue weighted by molar-refractivity contribution is -0.123. The molecule has 0 radical (unpaired) electrons. The smallest absolute Gasteiger partial charge is 0.257 e. The number of nitrogens with one attached hydrogen (secondary N) is 1. The molecule has 0 unspecified atom stereocenters. The lowest BCUT2D eigenvalue weighted by Gasteiger charge is -2.14. The third kappa shape index (κ3) is 7.87. The second-order valence-electron chi connectivity index (χ2n) is 6.53. The van der Waals surface area contributed by atoms with E-state index in [1.54, 1.807) is 12.1 Å². The van der Waals surface area contributed by atoms with Crippen LogP contribution in [0.5, 0.6) is 11.5 Å². The fourth-order valence-electron chi connectivity index (χ4n) is 2.74. The number of amides is 1. The van der Waals surface area contributed by atoms with Gasteiger partial charge >= 0.3 is 0 Å². The molecule has 0 saturated carbocycles. The molecule has 0 aliphatic heterocycles. The first kappa shape index (κ1) is 22.3. The fourth-order valence-corrected chi connectivity index (χ4v) is 2.74. The van der Waals surface area contributed by atoms with Crippen LogP contribution in [-0.2, 0) is 22.4 Å². The molecule has 0 aliphatic rings. The van der Waals surface area contributed by atoms with Crippen molar-refractivity contribution in [1.82, 2.24) is 5.32 Å². The van der Waals surface area contributed by atoms with Crippen molar-refractivity contribution in [3.63, 3.8) is 0 Å². The summed E-state index contributed by atoms with van der Waals surface area (Å²) in [6.45, 7) is 6.59. The van der Waals surface area contributed by atoms with Gasteiger partial charge in [0.25, 0.3) is 5.91 Å². The predicted octanol–water partition coefficient (Wildman–Crippen LogP) is 3.45. The molecule has 6 heteroatoms. The molecule has 29 heavy (non-hydrogen) atoms. The Morgan fingerprint density at radius 2 is 1.62 bits per heavy atom. The van der Waals surface area contributed by atoms with Gasteiger partial charge in [0, 0.05) is 20.1 Å². The highest BCUT2D eigenvalue weighted by molar-refractivity contribution is 5.77. The monoisotopic (exact) mass is 399 g/mol. The molecule has 0 aliphatic carbocycles. The van der Waals surface area contributed by atoms with Crippen molar-refractivity contribution >= 4 is 5.91 Å². The van der Waals surface area contributed by atoms with Crippen molar-refractivity contribution in [2.75, 3.05) is 26.9 Å². The first-order valence-electron chi connectivity index (χ1n) is 9.62. The molecule has 0 aromatic heterocycles. The van der Waals surface area contributed by atoms with Gasteiger partial charge in [0.15, 0.2) is 6.61 Å². The summed E-state index contributed by atoms with van der Waals surface area (Å²) in [6.07, 6.45) is 0.810. The van der Waals surface area contributed by atoms with E-state index in [4.69, 9.17) is 14.2 Å². The summed E-state index contributed by atoms with van der Waals surface area (Å²) in [4.78, 5) is 12.0. The van der Waals surface area contributed by atoms with Crippen LogP contribution in [0.15, 0.2) is 60.9 Å². The number of carbonyl (C=O) groups excluding carboxylic acids is 1. The van der Waals surface area contributed by atoms with Crippen LogP contribution in [0.25, 0.3) is 0 Å². The summed E-state index contributed by atoms with van der Waals surface area (Å²) in [6, 6.07) is 15.2. The van der Waals surface area contributed by atoms with Gasteiger partial charge in [-0.15, -0.1) is 0 Å². The maximum Gasteiger partial charge on any atom is 0.257 e. The van der Waals surface area contributed by atoms with Gasteiger partial charge in [0.1, 0.15) is 23.4 Å². The largest absolute Gasteiger partial charge is 0.510 e. The Labute approximate surface area is 172 Å². The van der Waals surface area contributed by atoms with Gasteiger partial charge in [-0.1, -0.05) is 30.8 Å². The number of ether oxygens (including phenoxy) is 3. The lowest BCUT2D eigenvalue weighted by Crippen LogP contribution is -2.30. The van der Waals surface area contributed by atoms with E-state index >= 15 is 0 Å². The zero-order valence-corrected chi connectivity index (χ0v) is 17.0. The zero-order valence-electron chi connectivity index (χ0n) is 17.0. The van der Waals surface area contributed by atoms with Crippen LogP contribution >= 0.6 is 0 Å². The van der Waals surface area contributed by atoms with Crippen molar-refractivity contribution in [2.24, 2.45) is 0 Å². The number of rotatable bonds is 12. The van der Waals surface area contributed by atoms with Crippen LogP contribution in [0.2, 0.25) is 0 Å². The number of hydrogen-bond donors (Lipinski definition) is 2. The van der Waals surface area contributed by atoms with E-state index in [1.165, 1.54) is 7.11 Å². The van der Waals surface area contributed by atoms with Crippen molar-refractivity contribution in [1.29, 1.82) is 0 Å². The van der Waals surface area contributed by atoms with Gasteiger partial charge in [-0.3, -0.25) is 4.79 Å². The molecule has 0 heterocycles. The molecule has 1 amide bonds. The van der Waals surface area contributed by atoms with E-state index in [-0.39, 0.29) is 18.3 Å². The van der Waals surface area contributed by atoms with Crippen molar-refractivity contribution in [2.45, 2.75) is 25.9 Å². The van der Waals surface area contributed by atoms with Gasteiger partial charge in [0.2, 0.25) is 0 Å². The first-order chi connectivity index (χ1) is 14.0. The van der Waals surface area contributed by atoms with Gasteiger partial charge in [-0.25, -0.2) is 0 Å². The number of methoxy groups -OCH3 is 1. The van der Waals surface area contributed by atoms with E-state index in [1.807, 2.05) is 43.3 Å².